The van der Waals surface area contributed by atoms with Crippen LogP contribution < -0.4 is 0 Å². The Morgan fingerprint density at radius 3 is 2.23 bits per heavy atom. The standard InChI is InChI=1S/C17H27F2O2Si/c1-3-11-20-22(21-12-4-2)13-7-5-6-8-15-9-10-16(18)14-17(15)19/h9-10,14H,3-8,11-13H2,1-2H3. The van der Waals surface area contributed by atoms with Crippen LogP contribution in [-0.2, 0) is 15.3 Å². The summed E-state index contributed by atoms with van der Waals surface area (Å²) >= 11 is 0. The Morgan fingerprint density at radius 1 is 0.955 bits per heavy atom. The molecule has 0 saturated heterocycles. The summed E-state index contributed by atoms with van der Waals surface area (Å²) in [6, 6.07) is 4.77. The molecule has 0 spiro atoms. The molecule has 0 N–H and O–H groups in total. The van der Waals surface area contributed by atoms with Crippen molar-refractivity contribution in [3.63, 3.8) is 0 Å². The Balaban J connectivity index is 2.21. The van der Waals surface area contributed by atoms with E-state index in [9.17, 15) is 8.78 Å². The lowest BCUT2D eigenvalue weighted by atomic mass is 10.1. The van der Waals surface area contributed by atoms with Crippen LogP contribution in [0.5, 0.6) is 0 Å². The highest BCUT2D eigenvalue weighted by Gasteiger charge is 2.14. The van der Waals surface area contributed by atoms with Crippen LogP contribution in [0, 0.1) is 11.6 Å². The minimum atomic E-state index is -1.15. The second-order valence-corrected chi connectivity index (χ2v) is 7.19. The van der Waals surface area contributed by atoms with Crippen molar-refractivity contribution in [1.82, 2.24) is 0 Å². The molecule has 5 heteroatoms. The molecule has 0 saturated carbocycles. The first-order valence-corrected chi connectivity index (χ1v) is 9.75. The fraction of sp³-hybridized carbons (Fsp3) is 0.647. The Kier molecular flexibility index (Phi) is 10.3. The van der Waals surface area contributed by atoms with Crippen molar-refractivity contribution in [2.75, 3.05) is 13.2 Å². The molecular weight excluding hydrogens is 302 g/mol. The van der Waals surface area contributed by atoms with E-state index in [0.29, 0.717) is 12.0 Å². The number of rotatable bonds is 12. The summed E-state index contributed by atoms with van der Waals surface area (Å²) in [5.74, 6) is -0.961. The van der Waals surface area contributed by atoms with Gasteiger partial charge in [-0.3, -0.25) is 0 Å². The molecule has 1 radical (unpaired) electrons. The van der Waals surface area contributed by atoms with Crippen molar-refractivity contribution < 1.29 is 17.6 Å². The summed E-state index contributed by atoms with van der Waals surface area (Å²) < 4.78 is 37.8. The zero-order valence-corrected chi connectivity index (χ0v) is 14.7. The first kappa shape index (κ1) is 19.3. The van der Waals surface area contributed by atoms with Crippen molar-refractivity contribution in [2.45, 2.75) is 58.4 Å². The van der Waals surface area contributed by atoms with E-state index in [0.717, 1.165) is 57.4 Å². The lowest BCUT2D eigenvalue weighted by molar-refractivity contribution is 0.195. The summed E-state index contributed by atoms with van der Waals surface area (Å²) in [5.41, 5.74) is 0.594. The summed E-state index contributed by atoms with van der Waals surface area (Å²) in [6.45, 7) is 5.71. The fourth-order valence-corrected chi connectivity index (χ4v) is 3.88. The van der Waals surface area contributed by atoms with Gasteiger partial charge in [-0.15, -0.1) is 0 Å². The van der Waals surface area contributed by atoms with E-state index >= 15 is 0 Å². The molecule has 2 nitrogen and oxygen atoms in total. The van der Waals surface area contributed by atoms with Gasteiger partial charge in [0.15, 0.2) is 0 Å². The summed E-state index contributed by atoms with van der Waals surface area (Å²) in [4.78, 5) is 0. The van der Waals surface area contributed by atoms with Gasteiger partial charge in [-0.25, -0.2) is 8.78 Å². The molecule has 1 rings (SSSR count). The van der Waals surface area contributed by atoms with Gasteiger partial charge in [0.05, 0.1) is 0 Å². The molecule has 0 aliphatic rings. The Labute approximate surface area is 134 Å². The van der Waals surface area contributed by atoms with Gasteiger partial charge in [0, 0.05) is 19.3 Å². The molecule has 0 amide bonds. The minimum Gasteiger partial charge on any atom is -0.393 e. The maximum absolute atomic E-state index is 13.5. The monoisotopic (exact) mass is 329 g/mol. The first-order chi connectivity index (χ1) is 10.7. The molecule has 0 aliphatic heterocycles. The second-order valence-electron chi connectivity index (χ2n) is 5.37. The van der Waals surface area contributed by atoms with E-state index in [1.807, 2.05) is 0 Å². The number of hydrogen-bond acceptors (Lipinski definition) is 2. The molecule has 0 heterocycles. The van der Waals surface area contributed by atoms with Crippen molar-refractivity contribution >= 4 is 9.28 Å². The highest BCUT2D eigenvalue weighted by atomic mass is 28.3. The Morgan fingerprint density at radius 2 is 1.64 bits per heavy atom. The van der Waals surface area contributed by atoms with E-state index in [4.69, 9.17) is 8.85 Å². The van der Waals surface area contributed by atoms with Gasteiger partial charge in [0.1, 0.15) is 11.6 Å². The number of halogens is 2. The maximum atomic E-state index is 13.5. The number of unbranched alkanes of at least 4 members (excludes halogenated alkanes) is 2. The highest BCUT2D eigenvalue weighted by Crippen LogP contribution is 2.14. The average molecular weight is 329 g/mol. The topological polar surface area (TPSA) is 18.5 Å². The number of benzene rings is 1. The first-order valence-electron chi connectivity index (χ1n) is 8.22. The molecule has 22 heavy (non-hydrogen) atoms. The van der Waals surface area contributed by atoms with Crippen LogP contribution in [0.2, 0.25) is 6.04 Å². The molecule has 0 unspecified atom stereocenters. The van der Waals surface area contributed by atoms with Gasteiger partial charge in [-0.05, 0) is 43.4 Å². The Bertz CT molecular complexity index is 408. The third-order valence-corrected chi connectivity index (χ3v) is 5.09. The van der Waals surface area contributed by atoms with E-state index in [2.05, 4.69) is 13.8 Å². The predicted molar refractivity (Wildman–Crippen MR) is 87.0 cm³/mol. The summed E-state index contributed by atoms with van der Waals surface area (Å²) in [6.07, 6.45) is 5.61. The van der Waals surface area contributed by atoms with E-state index in [1.54, 1.807) is 0 Å². The smallest absolute Gasteiger partial charge is 0.384 e. The van der Waals surface area contributed by atoms with Gasteiger partial charge in [0.2, 0.25) is 0 Å². The quantitative estimate of drug-likeness (QED) is 0.396. The molecule has 0 aliphatic carbocycles. The van der Waals surface area contributed by atoms with Crippen molar-refractivity contribution in [2.24, 2.45) is 0 Å². The molecule has 0 atom stereocenters. The SMILES string of the molecule is CCCO[Si](CCCCCc1ccc(F)cc1F)OCCC. The maximum Gasteiger partial charge on any atom is 0.384 e. The van der Waals surface area contributed by atoms with Crippen LogP contribution in [0.25, 0.3) is 0 Å². The van der Waals surface area contributed by atoms with Crippen molar-refractivity contribution in [1.29, 1.82) is 0 Å². The van der Waals surface area contributed by atoms with Crippen molar-refractivity contribution in [3.05, 3.63) is 35.4 Å². The van der Waals surface area contributed by atoms with E-state index < -0.39 is 20.9 Å². The lowest BCUT2D eigenvalue weighted by Crippen LogP contribution is -2.23. The van der Waals surface area contributed by atoms with Crippen LogP contribution in [-0.4, -0.2) is 22.5 Å². The van der Waals surface area contributed by atoms with Gasteiger partial charge >= 0.3 is 9.28 Å². The summed E-state index contributed by atoms with van der Waals surface area (Å²) in [7, 11) is -1.15. The van der Waals surface area contributed by atoms with Gasteiger partial charge in [-0.2, -0.15) is 0 Å². The zero-order chi connectivity index (χ0) is 16.2. The van der Waals surface area contributed by atoms with Gasteiger partial charge in [0.25, 0.3) is 0 Å². The molecular formula is C17H27F2O2Si. The lowest BCUT2D eigenvalue weighted by Gasteiger charge is -2.14. The number of hydrogen-bond donors (Lipinski definition) is 0. The Hall–Kier alpha value is -0.783. The van der Waals surface area contributed by atoms with E-state index in [-0.39, 0.29) is 0 Å². The molecule has 125 valence electrons. The normalized spacial score (nSPS) is 11.3. The van der Waals surface area contributed by atoms with Crippen LogP contribution >= 0.6 is 0 Å². The molecule has 0 aromatic heterocycles. The third kappa shape index (κ3) is 8.01. The molecule has 0 bridgehead atoms. The fourth-order valence-electron chi connectivity index (χ4n) is 2.10. The van der Waals surface area contributed by atoms with Crippen LogP contribution in [0.3, 0.4) is 0 Å². The van der Waals surface area contributed by atoms with Crippen LogP contribution in [0.4, 0.5) is 8.78 Å². The zero-order valence-electron chi connectivity index (χ0n) is 13.7. The van der Waals surface area contributed by atoms with Crippen molar-refractivity contribution in [3.8, 4) is 0 Å². The second kappa shape index (κ2) is 11.7. The van der Waals surface area contributed by atoms with Crippen LogP contribution in [0.1, 0.15) is 51.5 Å². The minimum absolute atomic E-state index is 0.442. The predicted octanol–water partition coefficient (Wildman–Crippen LogP) is 5.02. The number of aryl methyl sites for hydroxylation is 1. The van der Waals surface area contributed by atoms with Gasteiger partial charge in [-0.1, -0.05) is 32.8 Å². The van der Waals surface area contributed by atoms with Gasteiger partial charge < -0.3 is 8.85 Å². The molecule has 0 fully saturated rings. The summed E-state index contributed by atoms with van der Waals surface area (Å²) in [5, 5.41) is 0. The molecule has 1 aromatic rings. The third-order valence-electron chi connectivity index (χ3n) is 3.28. The average Bonchev–Trinajstić information content (AvgIpc) is 2.50. The van der Waals surface area contributed by atoms with E-state index in [1.165, 1.54) is 12.1 Å². The van der Waals surface area contributed by atoms with Crippen LogP contribution in [0.15, 0.2) is 18.2 Å². The molecule has 1 aromatic carbocycles. The highest BCUT2D eigenvalue weighted by molar-refractivity contribution is 6.44. The largest absolute Gasteiger partial charge is 0.393 e.